The van der Waals surface area contributed by atoms with Crippen LogP contribution in [-0.2, 0) is 0 Å². The second kappa shape index (κ2) is 5.47. The molecule has 0 aliphatic carbocycles. The van der Waals surface area contributed by atoms with Crippen LogP contribution in [0.25, 0.3) is 0 Å². The molecule has 1 aliphatic rings. The first-order valence-corrected chi connectivity index (χ1v) is 6.74. The average Bonchev–Trinajstić information content (AvgIpc) is 2.40. The van der Waals surface area contributed by atoms with Gasteiger partial charge in [-0.25, -0.2) is 0 Å². The fourth-order valence-corrected chi connectivity index (χ4v) is 2.66. The molecular weight excluding hydrogens is 242 g/mol. The van der Waals surface area contributed by atoms with Gasteiger partial charge < -0.3 is 10.2 Å². The van der Waals surface area contributed by atoms with Gasteiger partial charge in [0.1, 0.15) is 11.4 Å². The maximum Gasteiger partial charge on any atom is 0.315 e. The Balaban J connectivity index is 2.37. The van der Waals surface area contributed by atoms with E-state index >= 15 is 0 Å². The molecule has 1 saturated heterocycles. The van der Waals surface area contributed by atoms with Gasteiger partial charge in [-0.15, -0.1) is 0 Å². The zero-order valence-corrected chi connectivity index (χ0v) is 11.7. The Morgan fingerprint density at radius 3 is 2.68 bits per heavy atom. The highest BCUT2D eigenvalue weighted by Crippen LogP contribution is 2.37. The Morgan fingerprint density at radius 2 is 2.11 bits per heavy atom. The predicted octanol–water partition coefficient (Wildman–Crippen LogP) is 3.12. The van der Waals surface area contributed by atoms with Crippen LogP contribution in [-0.4, -0.2) is 25.1 Å². The van der Waals surface area contributed by atoms with Crippen molar-refractivity contribution in [3.05, 3.63) is 28.3 Å². The minimum atomic E-state index is -0.288. The maximum absolute atomic E-state index is 11.3. The average molecular weight is 263 g/mol. The summed E-state index contributed by atoms with van der Waals surface area (Å²) < 4.78 is 0. The molecule has 0 saturated carbocycles. The lowest BCUT2D eigenvalue weighted by molar-refractivity contribution is -0.383. The highest BCUT2D eigenvalue weighted by Gasteiger charge is 2.28. The fraction of sp³-hybridized carbons (Fsp3) is 0.571. The number of nitrogens with one attached hydrogen (secondary N) is 1. The molecule has 19 heavy (non-hydrogen) atoms. The zero-order chi connectivity index (χ0) is 14.0. The van der Waals surface area contributed by atoms with E-state index in [4.69, 9.17) is 0 Å². The third kappa shape index (κ3) is 2.64. The minimum absolute atomic E-state index is 0.187. The second-order valence-corrected chi connectivity index (χ2v) is 5.37. The van der Waals surface area contributed by atoms with E-state index in [1.54, 1.807) is 13.1 Å². The summed E-state index contributed by atoms with van der Waals surface area (Å²) in [4.78, 5) is 13.2. The number of piperidine rings is 1. The van der Waals surface area contributed by atoms with Gasteiger partial charge in [0.2, 0.25) is 0 Å². The molecule has 2 atom stereocenters. The number of benzene rings is 1. The highest BCUT2D eigenvalue weighted by molar-refractivity contribution is 5.77. The molecule has 1 fully saturated rings. The number of nitro groups is 1. The van der Waals surface area contributed by atoms with E-state index in [2.05, 4.69) is 24.1 Å². The Kier molecular flexibility index (Phi) is 3.93. The van der Waals surface area contributed by atoms with Crippen molar-refractivity contribution >= 4 is 17.1 Å². The summed E-state index contributed by atoms with van der Waals surface area (Å²) in [5.74, 6) is 1.24. The van der Waals surface area contributed by atoms with Crippen LogP contribution in [0.3, 0.4) is 0 Å². The van der Waals surface area contributed by atoms with E-state index in [0.717, 1.165) is 25.2 Å². The van der Waals surface area contributed by atoms with Gasteiger partial charge in [0.25, 0.3) is 0 Å². The lowest BCUT2D eigenvalue weighted by Gasteiger charge is -2.36. The van der Waals surface area contributed by atoms with Crippen LogP contribution in [0.1, 0.15) is 20.3 Å². The van der Waals surface area contributed by atoms with Crippen molar-refractivity contribution in [2.24, 2.45) is 11.8 Å². The Bertz CT molecular complexity index is 476. The highest BCUT2D eigenvalue weighted by atomic mass is 16.6. The predicted molar refractivity (Wildman–Crippen MR) is 77.8 cm³/mol. The maximum atomic E-state index is 11.3. The lowest BCUT2D eigenvalue weighted by Crippen LogP contribution is -2.38. The van der Waals surface area contributed by atoms with Gasteiger partial charge in [-0.2, -0.15) is 0 Å². The second-order valence-electron chi connectivity index (χ2n) is 5.37. The number of hydrogen-bond donors (Lipinski definition) is 1. The van der Waals surface area contributed by atoms with Crippen molar-refractivity contribution in [2.45, 2.75) is 20.3 Å². The zero-order valence-electron chi connectivity index (χ0n) is 11.7. The van der Waals surface area contributed by atoms with Gasteiger partial charge in [0, 0.05) is 20.1 Å². The van der Waals surface area contributed by atoms with Crippen molar-refractivity contribution in [1.82, 2.24) is 0 Å². The Labute approximate surface area is 113 Å². The van der Waals surface area contributed by atoms with Crippen LogP contribution in [0.5, 0.6) is 0 Å². The standard InChI is InChI=1S/C14H21N3O2/c1-10-7-8-16(9-11(10)2)13-6-4-5-12(15-3)14(13)17(18)19/h4-6,10-11,15H,7-9H2,1-3H3. The first kappa shape index (κ1) is 13.6. The molecule has 1 heterocycles. The van der Waals surface area contributed by atoms with Crippen LogP contribution in [0.4, 0.5) is 17.1 Å². The first-order chi connectivity index (χ1) is 9.04. The van der Waals surface area contributed by atoms with Crippen LogP contribution < -0.4 is 10.2 Å². The molecule has 0 spiro atoms. The molecule has 0 aromatic heterocycles. The molecular formula is C14H21N3O2. The molecule has 1 aromatic carbocycles. The quantitative estimate of drug-likeness (QED) is 0.672. The number of hydrogen-bond acceptors (Lipinski definition) is 4. The largest absolute Gasteiger partial charge is 0.382 e. The monoisotopic (exact) mass is 263 g/mol. The fourth-order valence-electron chi connectivity index (χ4n) is 2.66. The van der Waals surface area contributed by atoms with E-state index in [9.17, 15) is 10.1 Å². The molecule has 104 valence electrons. The van der Waals surface area contributed by atoms with Crippen molar-refractivity contribution in [1.29, 1.82) is 0 Å². The number of nitro benzene ring substituents is 1. The number of rotatable bonds is 3. The summed E-state index contributed by atoms with van der Waals surface area (Å²) >= 11 is 0. The molecule has 2 unspecified atom stereocenters. The van der Waals surface area contributed by atoms with E-state index in [1.165, 1.54) is 0 Å². The van der Waals surface area contributed by atoms with Crippen LogP contribution >= 0.6 is 0 Å². The molecule has 1 aromatic rings. The Hall–Kier alpha value is -1.78. The minimum Gasteiger partial charge on any atom is -0.382 e. The smallest absolute Gasteiger partial charge is 0.315 e. The van der Waals surface area contributed by atoms with Crippen molar-refractivity contribution in [3.63, 3.8) is 0 Å². The van der Waals surface area contributed by atoms with Gasteiger partial charge in [-0.3, -0.25) is 10.1 Å². The molecule has 2 rings (SSSR count). The van der Waals surface area contributed by atoms with E-state index in [-0.39, 0.29) is 10.6 Å². The third-order valence-electron chi connectivity index (χ3n) is 4.14. The lowest BCUT2D eigenvalue weighted by atomic mass is 9.88. The summed E-state index contributed by atoms with van der Waals surface area (Å²) in [7, 11) is 1.72. The van der Waals surface area contributed by atoms with Crippen molar-refractivity contribution < 1.29 is 4.92 Å². The first-order valence-electron chi connectivity index (χ1n) is 6.74. The summed E-state index contributed by atoms with van der Waals surface area (Å²) in [6.45, 7) is 6.24. The molecule has 0 amide bonds. The van der Waals surface area contributed by atoms with E-state index < -0.39 is 0 Å². The van der Waals surface area contributed by atoms with Crippen LogP contribution in [0.2, 0.25) is 0 Å². The van der Waals surface area contributed by atoms with Crippen LogP contribution in [0.15, 0.2) is 18.2 Å². The summed E-state index contributed by atoms with van der Waals surface area (Å²) in [6.07, 6.45) is 1.09. The number of para-hydroxylation sites is 1. The van der Waals surface area contributed by atoms with Crippen LogP contribution in [0, 0.1) is 22.0 Å². The Morgan fingerprint density at radius 1 is 1.37 bits per heavy atom. The third-order valence-corrected chi connectivity index (χ3v) is 4.14. The summed E-state index contributed by atoms with van der Waals surface area (Å²) in [6, 6.07) is 5.47. The molecule has 1 aliphatic heterocycles. The number of anilines is 2. The summed E-state index contributed by atoms with van der Waals surface area (Å²) in [5, 5.41) is 14.2. The molecule has 0 radical (unpaired) electrons. The van der Waals surface area contributed by atoms with Crippen molar-refractivity contribution in [3.8, 4) is 0 Å². The molecule has 0 bridgehead atoms. The van der Waals surface area contributed by atoms with Gasteiger partial charge in [-0.05, 0) is 30.4 Å². The summed E-state index contributed by atoms with van der Waals surface area (Å²) in [5.41, 5.74) is 1.50. The van der Waals surface area contributed by atoms with Gasteiger partial charge in [0.05, 0.1) is 4.92 Å². The molecule has 5 nitrogen and oxygen atoms in total. The molecule has 1 N–H and O–H groups in total. The van der Waals surface area contributed by atoms with Gasteiger partial charge in [0.15, 0.2) is 0 Å². The van der Waals surface area contributed by atoms with Gasteiger partial charge in [-0.1, -0.05) is 19.9 Å². The van der Waals surface area contributed by atoms with Gasteiger partial charge >= 0.3 is 5.69 Å². The molecule has 5 heteroatoms. The normalized spacial score (nSPS) is 23.2. The van der Waals surface area contributed by atoms with Crippen molar-refractivity contribution in [2.75, 3.05) is 30.4 Å². The SMILES string of the molecule is CNc1cccc(N2CCC(C)C(C)C2)c1[N+](=O)[O-]. The topological polar surface area (TPSA) is 58.4 Å². The number of nitrogens with zero attached hydrogens (tertiary/aromatic N) is 2. The van der Waals surface area contributed by atoms with E-state index in [0.29, 0.717) is 17.5 Å². The van der Waals surface area contributed by atoms with E-state index in [1.807, 2.05) is 12.1 Å².